The number of carbonyl (C=O) groups excluding carboxylic acids is 1. The number of halogens is 1. The number of carbonyl (C=O) groups is 1. The molecular weight excluding hydrogens is 271 g/mol. The van der Waals surface area contributed by atoms with Crippen molar-refractivity contribution in [2.45, 2.75) is 38.3 Å². The van der Waals surface area contributed by atoms with Crippen LogP contribution >= 0.6 is 0 Å². The largest absolute Gasteiger partial charge is 0.444 e. The molecule has 0 spiro atoms. The topological polar surface area (TPSA) is 55.6 Å². The van der Waals surface area contributed by atoms with Crippen LogP contribution in [0.2, 0.25) is 0 Å². The minimum absolute atomic E-state index is 0.0243. The van der Waals surface area contributed by atoms with E-state index in [4.69, 9.17) is 10.5 Å². The molecule has 2 aliphatic rings. The van der Waals surface area contributed by atoms with E-state index in [9.17, 15) is 9.18 Å². The molecule has 1 saturated heterocycles. The first-order chi connectivity index (χ1) is 9.78. The van der Waals surface area contributed by atoms with Crippen molar-refractivity contribution in [1.29, 1.82) is 0 Å². The second-order valence-electron chi connectivity index (χ2n) is 6.92. The van der Waals surface area contributed by atoms with E-state index in [0.717, 1.165) is 5.56 Å². The van der Waals surface area contributed by atoms with Crippen molar-refractivity contribution in [2.24, 2.45) is 11.7 Å². The van der Waals surface area contributed by atoms with Crippen LogP contribution in [0.1, 0.15) is 43.9 Å². The third-order valence-corrected chi connectivity index (χ3v) is 4.29. The van der Waals surface area contributed by atoms with E-state index in [2.05, 4.69) is 0 Å². The minimum atomic E-state index is -0.528. The Bertz CT molecular complexity index is 582. The second-order valence-corrected chi connectivity index (χ2v) is 6.92. The van der Waals surface area contributed by atoms with Crippen LogP contribution in [0.5, 0.6) is 0 Å². The van der Waals surface area contributed by atoms with Gasteiger partial charge < -0.3 is 15.4 Å². The molecule has 114 valence electrons. The number of benzene rings is 1. The van der Waals surface area contributed by atoms with Gasteiger partial charge in [-0.25, -0.2) is 9.18 Å². The fraction of sp³-hybridized carbons (Fsp3) is 0.562. The number of hydrogen-bond acceptors (Lipinski definition) is 3. The molecule has 0 aromatic heterocycles. The average Bonchev–Trinajstić information content (AvgIpc) is 2.89. The van der Waals surface area contributed by atoms with E-state index in [1.807, 2.05) is 26.8 Å². The van der Waals surface area contributed by atoms with Crippen LogP contribution in [-0.2, 0) is 4.74 Å². The van der Waals surface area contributed by atoms with Crippen molar-refractivity contribution in [3.05, 3.63) is 35.1 Å². The van der Waals surface area contributed by atoms with Crippen LogP contribution in [0.4, 0.5) is 9.18 Å². The summed E-state index contributed by atoms with van der Waals surface area (Å²) < 4.78 is 19.5. The SMILES string of the molecule is CC(C)(C)OC(=O)N1CC2c3c(F)cccc3C(N)C2C1. The lowest BCUT2D eigenvalue weighted by molar-refractivity contribution is 0.0284. The van der Waals surface area contributed by atoms with E-state index in [-0.39, 0.29) is 29.8 Å². The maximum atomic E-state index is 14.1. The van der Waals surface area contributed by atoms with Crippen molar-refractivity contribution < 1.29 is 13.9 Å². The molecule has 1 fully saturated rings. The highest BCUT2D eigenvalue weighted by atomic mass is 19.1. The lowest BCUT2D eigenvalue weighted by atomic mass is 9.95. The molecule has 21 heavy (non-hydrogen) atoms. The zero-order valence-corrected chi connectivity index (χ0v) is 12.6. The number of nitrogens with two attached hydrogens (primary N) is 1. The molecule has 2 N–H and O–H groups in total. The number of fused-ring (bicyclic) bond motifs is 3. The molecule has 3 rings (SSSR count). The fourth-order valence-electron chi connectivity index (χ4n) is 3.44. The van der Waals surface area contributed by atoms with Gasteiger partial charge in [-0.05, 0) is 38.0 Å². The summed E-state index contributed by atoms with van der Waals surface area (Å²) in [5.74, 6) is -0.172. The van der Waals surface area contributed by atoms with Gasteiger partial charge >= 0.3 is 6.09 Å². The molecule has 0 saturated carbocycles. The van der Waals surface area contributed by atoms with Gasteiger partial charge in [-0.15, -0.1) is 0 Å². The molecule has 4 nitrogen and oxygen atoms in total. The Morgan fingerprint density at radius 1 is 1.38 bits per heavy atom. The Kier molecular flexibility index (Phi) is 3.20. The van der Waals surface area contributed by atoms with E-state index in [0.29, 0.717) is 18.7 Å². The lowest BCUT2D eigenvalue weighted by Crippen LogP contribution is -2.36. The summed E-state index contributed by atoms with van der Waals surface area (Å²) in [7, 11) is 0. The molecule has 3 unspecified atom stereocenters. The highest BCUT2D eigenvalue weighted by molar-refractivity contribution is 5.69. The predicted molar refractivity (Wildman–Crippen MR) is 77.4 cm³/mol. The zero-order valence-electron chi connectivity index (χ0n) is 12.6. The van der Waals surface area contributed by atoms with Crippen LogP contribution in [0, 0.1) is 11.7 Å². The van der Waals surface area contributed by atoms with Gasteiger partial charge in [0.25, 0.3) is 0 Å². The van der Waals surface area contributed by atoms with Crippen molar-refractivity contribution in [2.75, 3.05) is 13.1 Å². The number of hydrogen-bond donors (Lipinski definition) is 1. The highest BCUT2D eigenvalue weighted by Gasteiger charge is 2.48. The third-order valence-electron chi connectivity index (χ3n) is 4.29. The van der Waals surface area contributed by atoms with Crippen LogP contribution < -0.4 is 5.73 Å². The van der Waals surface area contributed by atoms with Gasteiger partial charge in [-0.2, -0.15) is 0 Å². The molecule has 1 aromatic carbocycles. The third kappa shape index (κ3) is 2.39. The van der Waals surface area contributed by atoms with Gasteiger partial charge in [-0.3, -0.25) is 0 Å². The number of amides is 1. The lowest BCUT2D eigenvalue weighted by Gasteiger charge is -2.25. The van der Waals surface area contributed by atoms with Crippen molar-refractivity contribution >= 4 is 6.09 Å². The molecule has 1 aliphatic carbocycles. The highest BCUT2D eigenvalue weighted by Crippen LogP contribution is 2.49. The standard InChI is InChI=1S/C16H21FN2O2/c1-16(2,3)21-15(20)19-7-10-11(8-19)14(18)9-5-4-6-12(17)13(9)10/h4-6,10-11,14H,7-8,18H2,1-3H3. The Labute approximate surface area is 124 Å². The number of likely N-dealkylation sites (tertiary alicyclic amines) is 1. The smallest absolute Gasteiger partial charge is 0.410 e. The minimum Gasteiger partial charge on any atom is -0.444 e. The molecule has 0 bridgehead atoms. The molecule has 5 heteroatoms. The Morgan fingerprint density at radius 3 is 2.76 bits per heavy atom. The Morgan fingerprint density at radius 2 is 2.10 bits per heavy atom. The van der Waals surface area contributed by atoms with Gasteiger partial charge in [0.2, 0.25) is 0 Å². The first-order valence-corrected chi connectivity index (χ1v) is 7.30. The number of nitrogens with zero attached hydrogens (tertiary/aromatic N) is 1. The molecule has 0 radical (unpaired) electrons. The van der Waals surface area contributed by atoms with Gasteiger partial charge in [0.1, 0.15) is 11.4 Å². The van der Waals surface area contributed by atoms with Crippen molar-refractivity contribution in [3.8, 4) is 0 Å². The quantitative estimate of drug-likeness (QED) is 0.800. The number of rotatable bonds is 0. The monoisotopic (exact) mass is 292 g/mol. The average molecular weight is 292 g/mol. The molecule has 1 aliphatic heterocycles. The Hall–Kier alpha value is -1.62. The first-order valence-electron chi connectivity index (χ1n) is 7.30. The van der Waals surface area contributed by atoms with Gasteiger partial charge in [0, 0.05) is 31.0 Å². The van der Waals surface area contributed by atoms with Gasteiger partial charge in [0.05, 0.1) is 0 Å². The fourth-order valence-corrected chi connectivity index (χ4v) is 3.44. The summed E-state index contributed by atoms with van der Waals surface area (Å²) >= 11 is 0. The van der Waals surface area contributed by atoms with E-state index >= 15 is 0 Å². The molecule has 1 heterocycles. The number of ether oxygens (including phenoxy) is 1. The van der Waals surface area contributed by atoms with Crippen LogP contribution in [0.3, 0.4) is 0 Å². The Balaban J connectivity index is 1.82. The molecule has 3 atom stereocenters. The summed E-state index contributed by atoms with van der Waals surface area (Å²) in [4.78, 5) is 13.8. The van der Waals surface area contributed by atoms with Gasteiger partial charge in [0.15, 0.2) is 0 Å². The summed E-state index contributed by atoms with van der Waals surface area (Å²) in [6, 6.07) is 4.83. The summed E-state index contributed by atoms with van der Waals surface area (Å²) in [5, 5.41) is 0. The van der Waals surface area contributed by atoms with Gasteiger partial charge in [-0.1, -0.05) is 12.1 Å². The van der Waals surface area contributed by atoms with Crippen LogP contribution in [0.15, 0.2) is 18.2 Å². The normalized spacial score (nSPS) is 27.5. The van der Waals surface area contributed by atoms with E-state index in [1.54, 1.807) is 11.0 Å². The first kappa shape index (κ1) is 14.3. The van der Waals surface area contributed by atoms with E-state index in [1.165, 1.54) is 6.07 Å². The summed E-state index contributed by atoms with van der Waals surface area (Å²) in [6.45, 7) is 6.50. The van der Waals surface area contributed by atoms with Crippen molar-refractivity contribution in [1.82, 2.24) is 4.90 Å². The van der Waals surface area contributed by atoms with Crippen LogP contribution in [-0.4, -0.2) is 29.7 Å². The predicted octanol–water partition coefficient (Wildman–Crippen LogP) is 2.79. The molecule has 1 amide bonds. The maximum absolute atomic E-state index is 14.1. The second kappa shape index (κ2) is 4.70. The van der Waals surface area contributed by atoms with Crippen LogP contribution in [0.25, 0.3) is 0 Å². The summed E-state index contributed by atoms with van der Waals surface area (Å²) in [6.07, 6.45) is -0.345. The molecular formula is C16H21FN2O2. The van der Waals surface area contributed by atoms with Crippen molar-refractivity contribution in [3.63, 3.8) is 0 Å². The maximum Gasteiger partial charge on any atom is 0.410 e. The molecule has 1 aromatic rings. The zero-order chi connectivity index (χ0) is 15.4. The van der Waals surface area contributed by atoms with E-state index < -0.39 is 5.60 Å². The summed E-state index contributed by atoms with van der Waals surface area (Å²) in [5.41, 5.74) is 7.28.